The first-order chi connectivity index (χ1) is 15.9. The van der Waals surface area contributed by atoms with Crippen molar-refractivity contribution in [1.82, 2.24) is 0 Å². The van der Waals surface area contributed by atoms with Gasteiger partial charge in [0.25, 0.3) is 8.32 Å². The van der Waals surface area contributed by atoms with Crippen molar-refractivity contribution in [1.29, 1.82) is 0 Å². The Bertz CT molecular complexity index is 902. The van der Waals surface area contributed by atoms with E-state index >= 15 is 0 Å². The molecule has 0 amide bonds. The summed E-state index contributed by atoms with van der Waals surface area (Å²) >= 11 is 0. The van der Waals surface area contributed by atoms with Crippen LogP contribution in [0.3, 0.4) is 0 Å². The van der Waals surface area contributed by atoms with Crippen LogP contribution in [-0.2, 0) is 18.0 Å². The molecule has 0 aliphatic carbocycles. The van der Waals surface area contributed by atoms with Gasteiger partial charge in [-0.25, -0.2) is 0 Å². The molecule has 2 bridgehead atoms. The molecule has 176 valence electrons. The monoisotopic (exact) mass is 482 g/mol. The van der Waals surface area contributed by atoms with Gasteiger partial charge in [-0.3, -0.25) is 0 Å². The molecule has 0 saturated carbocycles. The lowest BCUT2D eigenvalue weighted by atomic mass is 9.98. The van der Waals surface area contributed by atoms with Crippen LogP contribution >= 0.6 is 8.60 Å². The van der Waals surface area contributed by atoms with Gasteiger partial charge in [-0.1, -0.05) is 113 Å². The van der Waals surface area contributed by atoms with Gasteiger partial charge in [0, 0.05) is 12.3 Å². The number of benzene rings is 2. The van der Waals surface area contributed by atoms with E-state index in [0.717, 1.165) is 6.42 Å². The maximum Gasteiger partial charge on any atom is 0.333 e. The van der Waals surface area contributed by atoms with E-state index in [1.54, 1.807) is 0 Å². The summed E-state index contributed by atoms with van der Waals surface area (Å²) in [5, 5.41) is 2.57. The normalized spacial score (nSPS) is 24.5. The van der Waals surface area contributed by atoms with Crippen molar-refractivity contribution in [3.8, 4) is 0 Å². The summed E-state index contributed by atoms with van der Waals surface area (Å²) < 4.78 is 24.5. The maximum atomic E-state index is 6.95. The largest absolute Gasteiger partial charge is 0.404 e. The average Bonchev–Trinajstić information content (AvgIpc) is 2.98. The van der Waals surface area contributed by atoms with Crippen LogP contribution in [-0.4, -0.2) is 33.7 Å². The van der Waals surface area contributed by atoms with Crippen LogP contribution < -0.4 is 10.4 Å². The van der Waals surface area contributed by atoms with Crippen molar-refractivity contribution >= 4 is 27.3 Å². The minimum atomic E-state index is -2.51. The Kier molecular flexibility index (Phi) is 8.01. The highest BCUT2D eigenvalue weighted by atomic mass is 31.2. The molecule has 2 aliphatic rings. The second kappa shape index (κ2) is 10.8. The van der Waals surface area contributed by atoms with Crippen molar-refractivity contribution in [3.05, 3.63) is 85.0 Å². The molecule has 4 rings (SSSR count). The van der Waals surface area contributed by atoms with Crippen molar-refractivity contribution in [2.45, 2.75) is 51.4 Å². The van der Waals surface area contributed by atoms with Gasteiger partial charge >= 0.3 is 8.60 Å². The zero-order chi connectivity index (χ0) is 23.3. The molecular formula is C27H35O4PSi. The van der Waals surface area contributed by atoms with Gasteiger partial charge < -0.3 is 18.0 Å². The summed E-state index contributed by atoms with van der Waals surface area (Å²) in [6.07, 6.45) is 9.52. The molecule has 0 aromatic heterocycles. The summed E-state index contributed by atoms with van der Waals surface area (Å²) in [4.78, 5) is 0. The van der Waals surface area contributed by atoms with E-state index in [1.807, 2.05) is 6.08 Å². The van der Waals surface area contributed by atoms with Crippen LogP contribution in [0.5, 0.6) is 0 Å². The second-order valence-corrected chi connectivity index (χ2v) is 15.2. The first-order valence-electron chi connectivity index (χ1n) is 11.7. The van der Waals surface area contributed by atoms with Crippen LogP contribution in [0.1, 0.15) is 34.1 Å². The van der Waals surface area contributed by atoms with Gasteiger partial charge in [0.2, 0.25) is 0 Å². The third-order valence-corrected chi connectivity index (χ3v) is 12.6. The SMILES string of the molecule is C[C@H](/C=C/CO[Si](c1ccccc1)(c1ccccc1)C(C)(C)C)[C@@H]1C[C@H]2C=CCOP(O2)O1. The molecule has 4 nitrogen and oxygen atoms in total. The van der Waals surface area contributed by atoms with E-state index in [2.05, 4.69) is 107 Å². The number of fused-ring (bicyclic) bond motifs is 2. The van der Waals surface area contributed by atoms with Crippen molar-refractivity contribution in [2.75, 3.05) is 13.2 Å². The lowest BCUT2D eigenvalue weighted by Crippen LogP contribution is -2.66. The van der Waals surface area contributed by atoms with E-state index in [-0.39, 0.29) is 23.2 Å². The van der Waals surface area contributed by atoms with Gasteiger partial charge in [0.15, 0.2) is 0 Å². The lowest BCUT2D eigenvalue weighted by Gasteiger charge is -2.42. The van der Waals surface area contributed by atoms with Crippen LogP contribution in [0.2, 0.25) is 5.04 Å². The molecule has 0 N–H and O–H groups in total. The standard InChI is InChI=1S/C27H35O4PSi/c1-22(26-21-23-14-12-19-28-32(30-23)31-26)13-11-20-29-33(27(2,3)4,24-15-7-5-8-16-24)25-17-9-6-10-18-25/h5-18,22-23,26H,19-21H2,1-4H3/b13-11+/t22-,23-,26+,32?/m1/s1. The third-order valence-electron chi connectivity index (χ3n) is 6.37. The molecule has 2 heterocycles. The van der Waals surface area contributed by atoms with E-state index in [4.69, 9.17) is 18.0 Å². The zero-order valence-corrected chi connectivity index (χ0v) is 21.9. The fourth-order valence-electron chi connectivity index (χ4n) is 4.69. The Labute approximate surface area is 200 Å². The molecule has 2 aromatic carbocycles. The Balaban J connectivity index is 1.52. The van der Waals surface area contributed by atoms with Crippen molar-refractivity contribution in [3.63, 3.8) is 0 Å². The highest BCUT2D eigenvalue weighted by Gasteiger charge is 2.49. The highest BCUT2D eigenvalue weighted by Crippen LogP contribution is 2.50. The summed E-state index contributed by atoms with van der Waals surface area (Å²) in [5.41, 5.74) is 0. The predicted octanol–water partition coefficient (Wildman–Crippen LogP) is 5.74. The van der Waals surface area contributed by atoms with Gasteiger partial charge in [0.05, 0.1) is 25.4 Å². The molecule has 33 heavy (non-hydrogen) atoms. The Morgan fingerprint density at radius 1 is 1.03 bits per heavy atom. The first-order valence-corrected chi connectivity index (χ1v) is 14.8. The topological polar surface area (TPSA) is 36.9 Å². The minimum Gasteiger partial charge on any atom is -0.404 e. The molecule has 1 saturated heterocycles. The van der Waals surface area contributed by atoms with Crippen LogP contribution in [0.25, 0.3) is 0 Å². The van der Waals surface area contributed by atoms with Crippen molar-refractivity contribution in [2.24, 2.45) is 5.92 Å². The number of hydrogen-bond donors (Lipinski definition) is 0. The molecule has 4 atom stereocenters. The molecule has 2 aliphatic heterocycles. The minimum absolute atomic E-state index is 0.0268. The molecule has 0 spiro atoms. The Hall–Kier alpha value is -1.59. The van der Waals surface area contributed by atoms with Crippen LogP contribution in [0.15, 0.2) is 85.0 Å². The molecular weight excluding hydrogens is 447 g/mol. The van der Waals surface area contributed by atoms with E-state index in [0.29, 0.717) is 13.2 Å². The smallest absolute Gasteiger partial charge is 0.333 e. The van der Waals surface area contributed by atoms with Crippen molar-refractivity contribution < 1.29 is 18.0 Å². The predicted molar refractivity (Wildman–Crippen MR) is 138 cm³/mol. The summed E-state index contributed by atoms with van der Waals surface area (Å²) in [7, 11) is -3.77. The van der Waals surface area contributed by atoms with Crippen LogP contribution in [0.4, 0.5) is 0 Å². The Morgan fingerprint density at radius 3 is 2.27 bits per heavy atom. The van der Waals surface area contributed by atoms with Crippen LogP contribution in [0, 0.1) is 5.92 Å². The second-order valence-electron chi connectivity index (χ2n) is 9.73. The third kappa shape index (κ3) is 5.56. The molecule has 6 heteroatoms. The van der Waals surface area contributed by atoms with Gasteiger partial charge in [-0.05, 0) is 15.4 Å². The molecule has 1 unspecified atom stereocenters. The zero-order valence-electron chi connectivity index (χ0n) is 20.0. The van der Waals surface area contributed by atoms with E-state index in [1.165, 1.54) is 10.4 Å². The molecule has 0 radical (unpaired) electrons. The average molecular weight is 483 g/mol. The number of rotatable bonds is 7. The van der Waals surface area contributed by atoms with Gasteiger partial charge in [-0.15, -0.1) is 0 Å². The fraction of sp³-hybridized carbons (Fsp3) is 0.407. The maximum absolute atomic E-state index is 6.95. The van der Waals surface area contributed by atoms with E-state index in [9.17, 15) is 0 Å². The molecule has 1 fully saturated rings. The molecule has 2 aromatic rings. The lowest BCUT2D eigenvalue weighted by molar-refractivity contribution is 0.0265. The first kappa shape index (κ1) is 24.5. The Morgan fingerprint density at radius 2 is 1.67 bits per heavy atom. The summed E-state index contributed by atoms with van der Waals surface area (Å²) in [6.45, 7) is 10.2. The summed E-state index contributed by atoms with van der Waals surface area (Å²) in [6, 6.07) is 21.5. The highest BCUT2D eigenvalue weighted by molar-refractivity contribution is 7.41. The number of hydrogen-bond acceptors (Lipinski definition) is 4. The van der Waals surface area contributed by atoms with Gasteiger partial charge in [-0.2, -0.15) is 0 Å². The van der Waals surface area contributed by atoms with Gasteiger partial charge in [0.1, 0.15) is 0 Å². The van der Waals surface area contributed by atoms with E-state index < -0.39 is 16.9 Å². The fourth-order valence-corrected chi connectivity index (χ4v) is 10.4. The summed E-state index contributed by atoms with van der Waals surface area (Å²) in [5.74, 6) is 0.249. The quantitative estimate of drug-likeness (QED) is 0.286.